The molecule has 19 heteroatoms. The van der Waals surface area contributed by atoms with Crippen molar-refractivity contribution in [2.24, 2.45) is 76.4 Å². The highest BCUT2D eigenvalue weighted by atomic mass is 17.3. The summed E-state index contributed by atoms with van der Waals surface area (Å²) < 4.78 is 67.1. The SMILES string of the molecule is C[C@@H]1CC[C@H]2[C@@H](C)C(CCOCC(COCCC3O[C@@H]4O[C@]5(C)CC[C@H]6[C@H](C)CC[C@@H]([C@H]3C)[C@@]46OO5)(COCCC3O[C@@H]4O[C@]5(C)CC[C@H]6[C@H](C)CC[C@@H]([C@H]3C)[C@@]46OO5)COC(=O)CCC(=O)O)O[C@@H]3O[C@@]4(C)CC[C@@H]1[C@]32OO4. The van der Waals surface area contributed by atoms with Gasteiger partial charge in [-0.1, -0.05) is 41.5 Å². The lowest BCUT2D eigenvalue weighted by molar-refractivity contribution is -0.571. The van der Waals surface area contributed by atoms with Crippen LogP contribution < -0.4 is 0 Å². The molecule has 3 saturated carbocycles. The third kappa shape index (κ3) is 10.1. The monoisotopic (exact) mass is 1120 g/mol. The van der Waals surface area contributed by atoms with Crippen molar-refractivity contribution in [2.45, 2.75) is 243 Å². The van der Waals surface area contributed by atoms with Gasteiger partial charge in [-0.2, -0.15) is 0 Å². The van der Waals surface area contributed by atoms with E-state index in [2.05, 4.69) is 41.5 Å². The maximum absolute atomic E-state index is 13.3. The Hall–Kier alpha value is -1.66. The standard InChI is InChI=1S/C60H94O19/c1-34-10-13-43-37(4)46(68-51-58(43)40(34)18-24-54(7,71-51)74-77-58)21-27-64-30-57(33-67-50(63)17-16-49(61)62,31-65-28-22-47-38(5)44-14-11-35(2)41-19-25-55(8)72-52(69-47)59(41,44)78-75-55)32-66-29-23-48-39(6)45-15-12-36(3)42-20-26-56(9)73-53(70-48)60(42,45)79-76-56/h34-48,51-53H,10-33H2,1-9H3,(H,61,62)/t34-,35-,36-,37-,38-,39-,40+,41+,42+,43+,44+,45+,46?,47?,48?,51-,52-,53-,54-,55+,56+,57?,58-,59-,60-/m1/s1. The number of carboxylic acid groups (broad SMARTS) is 1. The van der Waals surface area contributed by atoms with Gasteiger partial charge in [-0.15, -0.1) is 0 Å². The van der Waals surface area contributed by atoms with Crippen molar-refractivity contribution < 1.29 is 91.4 Å². The van der Waals surface area contributed by atoms with Crippen LogP contribution in [0.2, 0.25) is 0 Å². The van der Waals surface area contributed by atoms with Gasteiger partial charge in [0.15, 0.2) is 35.7 Å². The Balaban J connectivity index is 0.750. The summed E-state index contributed by atoms with van der Waals surface area (Å²) in [5.41, 5.74) is -2.98. The first kappa shape index (κ1) is 57.8. The molecule has 15 aliphatic rings. The zero-order chi connectivity index (χ0) is 55.3. The van der Waals surface area contributed by atoms with Gasteiger partial charge in [0.05, 0.1) is 56.4 Å². The molecule has 3 spiro atoms. The van der Waals surface area contributed by atoms with Crippen molar-refractivity contribution in [3.05, 3.63) is 0 Å². The number of esters is 1. The van der Waals surface area contributed by atoms with Crippen LogP contribution in [0, 0.1) is 76.4 Å². The highest BCUT2D eigenvalue weighted by Gasteiger charge is 2.72. The zero-order valence-electron chi connectivity index (χ0n) is 48.7. The minimum Gasteiger partial charge on any atom is -0.481 e. The van der Waals surface area contributed by atoms with Crippen molar-refractivity contribution in [3.63, 3.8) is 0 Å². The number of carbonyl (C=O) groups excluding carboxylic acids is 1. The minimum absolute atomic E-state index is 0.115. The van der Waals surface area contributed by atoms with Crippen LogP contribution in [0.1, 0.15) is 171 Å². The van der Waals surface area contributed by atoms with E-state index >= 15 is 0 Å². The number of hydrogen-bond donors (Lipinski definition) is 1. The Morgan fingerprint density at radius 1 is 0.456 bits per heavy atom. The van der Waals surface area contributed by atoms with Crippen LogP contribution in [0.15, 0.2) is 0 Å². The van der Waals surface area contributed by atoms with Gasteiger partial charge < -0.3 is 52.5 Å². The van der Waals surface area contributed by atoms with E-state index in [1.165, 1.54) is 0 Å². The highest BCUT2D eigenvalue weighted by molar-refractivity contribution is 5.76. The summed E-state index contributed by atoms with van der Waals surface area (Å²) >= 11 is 0. The van der Waals surface area contributed by atoms with E-state index in [9.17, 15) is 14.7 Å². The van der Waals surface area contributed by atoms with Gasteiger partial charge in [-0.05, 0) is 151 Å². The molecule has 0 aromatic heterocycles. The van der Waals surface area contributed by atoms with Crippen molar-refractivity contribution in [2.75, 3.05) is 46.2 Å². The maximum Gasteiger partial charge on any atom is 0.306 e. The summed E-state index contributed by atoms with van der Waals surface area (Å²) in [6.07, 6.45) is 10.4. The first-order valence-corrected chi connectivity index (χ1v) is 31.0. The number of carbonyl (C=O) groups is 2. The zero-order valence-corrected chi connectivity index (χ0v) is 48.7. The number of carboxylic acids is 1. The number of rotatable bonds is 20. The Morgan fingerprint density at radius 3 is 1.13 bits per heavy atom. The smallest absolute Gasteiger partial charge is 0.306 e. The molecule has 19 nitrogen and oxygen atoms in total. The summed E-state index contributed by atoms with van der Waals surface area (Å²) in [4.78, 5) is 62.5. The van der Waals surface area contributed by atoms with Crippen LogP contribution >= 0.6 is 0 Å². The van der Waals surface area contributed by atoms with Crippen LogP contribution in [-0.2, 0) is 86.3 Å². The second-order valence-electron chi connectivity index (χ2n) is 27.9. The van der Waals surface area contributed by atoms with Crippen molar-refractivity contribution in [1.29, 1.82) is 0 Å². The van der Waals surface area contributed by atoms with E-state index in [4.69, 9.17) is 76.7 Å². The van der Waals surface area contributed by atoms with Gasteiger partial charge in [0, 0.05) is 56.8 Å². The molecule has 12 saturated heterocycles. The summed E-state index contributed by atoms with van der Waals surface area (Å²) in [5, 5.41) is 9.48. The first-order valence-electron chi connectivity index (χ1n) is 31.0. The highest BCUT2D eigenvalue weighted by Crippen LogP contribution is 2.64. The second-order valence-corrected chi connectivity index (χ2v) is 27.9. The van der Waals surface area contributed by atoms with Gasteiger partial charge in [0.25, 0.3) is 0 Å². The molecule has 0 aromatic rings. The van der Waals surface area contributed by atoms with Crippen LogP contribution in [0.5, 0.6) is 0 Å². The van der Waals surface area contributed by atoms with E-state index in [1.807, 2.05) is 20.8 Å². The van der Waals surface area contributed by atoms with Crippen LogP contribution in [0.4, 0.5) is 0 Å². The van der Waals surface area contributed by atoms with Crippen LogP contribution in [0.25, 0.3) is 0 Å². The van der Waals surface area contributed by atoms with E-state index in [0.717, 1.165) is 77.0 Å². The summed E-state index contributed by atoms with van der Waals surface area (Å²) in [5.74, 6) is -1.19. The Kier molecular flexibility index (Phi) is 16.1. The fourth-order valence-corrected chi connectivity index (χ4v) is 18.2. The Bertz CT molecular complexity index is 1980. The lowest BCUT2D eigenvalue weighted by Gasteiger charge is -2.60. The maximum atomic E-state index is 13.3. The molecule has 0 amide bonds. The third-order valence-electron chi connectivity index (χ3n) is 22.8. The van der Waals surface area contributed by atoms with Gasteiger partial charge in [-0.3, -0.25) is 9.59 Å². The molecule has 12 aliphatic heterocycles. The number of ether oxygens (including phenoxy) is 10. The molecular weight excluding hydrogens is 1020 g/mol. The van der Waals surface area contributed by atoms with Crippen LogP contribution in [-0.4, -0.2) is 135 Å². The molecule has 3 unspecified atom stereocenters. The Morgan fingerprint density at radius 2 is 0.797 bits per heavy atom. The molecule has 79 heavy (non-hydrogen) atoms. The van der Waals surface area contributed by atoms with Gasteiger partial charge in [0.1, 0.15) is 6.61 Å². The predicted octanol–water partition coefficient (Wildman–Crippen LogP) is 9.35. The van der Waals surface area contributed by atoms with Crippen molar-refractivity contribution in [3.8, 4) is 0 Å². The summed E-state index contributed by atoms with van der Waals surface area (Å²) in [6, 6.07) is 0. The fraction of sp³-hybridized carbons (Fsp3) is 0.967. The molecule has 0 radical (unpaired) electrons. The number of fused-ring (bicyclic) bond motifs is 6. The summed E-state index contributed by atoms with van der Waals surface area (Å²) in [6.45, 7) is 20.9. The largest absolute Gasteiger partial charge is 0.481 e. The molecule has 15 fully saturated rings. The number of aliphatic carboxylic acids is 1. The molecule has 3 aliphatic carbocycles. The van der Waals surface area contributed by atoms with E-state index in [-0.39, 0.29) is 111 Å². The Labute approximate surface area is 467 Å². The average Bonchev–Trinajstić information content (AvgIpc) is 3.28. The molecule has 448 valence electrons. The quantitative estimate of drug-likeness (QED) is 0.0685. The lowest BCUT2D eigenvalue weighted by atomic mass is 9.57. The molecule has 24 atom stereocenters. The molecule has 15 rings (SSSR count). The molecule has 0 aromatic carbocycles. The molecular formula is C60H94O19. The van der Waals surface area contributed by atoms with Crippen molar-refractivity contribution >= 4 is 11.9 Å². The molecule has 12 heterocycles. The fourth-order valence-electron chi connectivity index (χ4n) is 18.2. The number of hydrogen-bond acceptors (Lipinski definition) is 18. The van der Waals surface area contributed by atoms with E-state index in [0.29, 0.717) is 56.8 Å². The molecule has 6 bridgehead atoms. The normalized spacial score (nSPS) is 50.9. The minimum atomic E-state index is -1.07. The van der Waals surface area contributed by atoms with E-state index < -0.39 is 70.4 Å². The predicted molar refractivity (Wildman–Crippen MR) is 277 cm³/mol. The average molecular weight is 1120 g/mol. The van der Waals surface area contributed by atoms with Crippen molar-refractivity contribution in [1.82, 2.24) is 0 Å². The van der Waals surface area contributed by atoms with Gasteiger partial charge in [-0.25, -0.2) is 29.3 Å². The van der Waals surface area contributed by atoms with Gasteiger partial charge >= 0.3 is 11.9 Å². The molecule has 1 N–H and O–H groups in total. The first-order chi connectivity index (χ1) is 37.7. The third-order valence-corrected chi connectivity index (χ3v) is 22.8. The van der Waals surface area contributed by atoms with Crippen LogP contribution in [0.3, 0.4) is 0 Å². The lowest BCUT2D eigenvalue weighted by Crippen LogP contribution is -2.70. The van der Waals surface area contributed by atoms with Gasteiger partial charge in [0.2, 0.25) is 17.4 Å². The van der Waals surface area contributed by atoms with E-state index in [1.54, 1.807) is 0 Å². The second kappa shape index (κ2) is 22.0. The topological polar surface area (TPSA) is 202 Å². The summed E-state index contributed by atoms with van der Waals surface area (Å²) in [7, 11) is 0.